The summed E-state index contributed by atoms with van der Waals surface area (Å²) in [5.41, 5.74) is 9.07. The number of hydrogen-bond donors (Lipinski definition) is 4. The summed E-state index contributed by atoms with van der Waals surface area (Å²) >= 11 is 1.69. The van der Waals surface area contributed by atoms with Gasteiger partial charge in [0.15, 0.2) is 0 Å². The van der Waals surface area contributed by atoms with Gasteiger partial charge in [0.2, 0.25) is 0 Å². The van der Waals surface area contributed by atoms with E-state index in [0.717, 1.165) is 28.2 Å². The van der Waals surface area contributed by atoms with E-state index in [4.69, 9.17) is 4.98 Å². The molecule has 24 heavy (non-hydrogen) atoms. The number of hydrazine groups is 1. The molecule has 5 nitrogen and oxygen atoms in total. The van der Waals surface area contributed by atoms with Crippen molar-refractivity contribution in [3.8, 4) is 11.5 Å². The minimum Gasteiger partial charge on any atom is -0.508 e. The van der Waals surface area contributed by atoms with Gasteiger partial charge in [0, 0.05) is 24.1 Å². The smallest absolute Gasteiger partial charge is 0.124 e. The average Bonchev–Trinajstić information content (AvgIpc) is 3.21. The van der Waals surface area contributed by atoms with Gasteiger partial charge >= 0.3 is 0 Å². The van der Waals surface area contributed by atoms with Crippen LogP contribution < -0.4 is 10.9 Å². The number of aryl methyl sites for hydroxylation is 1. The Labute approximate surface area is 144 Å². The lowest BCUT2D eigenvalue weighted by Gasteiger charge is -2.19. The Hall–Kier alpha value is -2.15. The highest BCUT2D eigenvalue weighted by atomic mass is 32.1. The molecule has 4 rings (SSSR count). The largest absolute Gasteiger partial charge is 0.508 e. The standard InChI is InChI=1S/C18H19N3O2S/c1-2-10-7-11(15(23)8-14(10)22)17-12(9-19-21-17)18-20-13-5-3-4-6-16(13)24-18/h3-8,12,17,19,21-23H,2,9H2,1H3. The maximum atomic E-state index is 10.3. The fourth-order valence-electron chi connectivity index (χ4n) is 3.24. The van der Waals surface area contributed by atoms with E-state index < -0.39 is 0 Å². The predicted octanol–water partition coefficient (Wildman–Crippen LogP) is 3.20. The molecule has 1 aliphatic heterocycles. The first-order valence-corrected chi connectivity index (χ1v) is 8.87. The van der Waals surface area contributed by atoms with Crippen LogP contribution >= 0.6 is 11.3 Å². The van der Waals surface area contributed by atoms with E-state index in [2.05, 4.69) is 16.9 Å². The van der Waals surface area contributed by atoms with E-state index in [-0.39, 0.29) is 23.5 Å². The third-order valence-electron chi connectivity index (χ3n) is 4.55. The highest BCUT2D eigenvalue weighted by Gasteiger charge is 2.34. The van der Waals surface area contributed by atoms with Gasteiger partial charge < -0.3 is 10.2 Å². The molecule has 0 aliphatic carbocycles. The van der Waals surface area contributed by atoms with E-state index in [1.54, 1.807) is 11.3 Å². The summed E-state index contributed by atoms with van der Waals surface area (Å²) in [6.45, 7) is 2.73. The maximum absolute atomic E-state index is 10.3. The van der Waals surface area contributed by atoms with E-state index in [0.29, 0.717) is 6.42 Å². The van der Waals surface area contributed by atoms with Crippen molar-refractivity contribution >= 4 is 21.6 Å². The number of fused-ring (bicyclic) bond motifs is 1. The molecule has 0 bridgehead atoms. The number of para-hydroxylation sites is 1. The first kappa shape index (κ1) is 15.4. The highest BCUT2D eigenvalue weighted by molar-refractivity contribution is 7.18. The molecule has 3 aromatic rings. The Kier molecular flexibility index (Phi) is 3.88. The minimum absolute atomic E-state index is 0.0866. The third-order valence-corrected chi connectivity index (χ3v) is 5.72. The second-order valence-electron chi connectivity index (χ2n) is 6.02. The van der Waals surface area contributed by atoms with Crippen LogP contribution in [-0.4, -0.2) is 21.7 Å². The van der Waals surface area contributed by atoms with Crippen molar-refractivity contribution in [2.75, 3.05) is 6.54 Å². The van der Waals surface area contributed by atoms with Crippen LogP contribution in [0, 0.1) is 0 Å². The number of nitrogens with one attached hydrogen (secondary N) is 2. The highest BCUT2D eigenvalue weighted by Crippen LogP contribution is 2.41. The van der Waals surface area contributed by atoms with Gasteiger partial charge in [-0.25, -0.2) is 10.4 Å². The molecule has 1 aromatic heterocycles. The molecular weight excluding hydrogens is 322 g/mol. The van der Waals surface area contributed by atoms with Crippen LogP contribution in [0.4, 0.5) is 0 Å². The number of aromatic hydroxyl groups is 2. The lowest BCUT2D eigenvalue weighted by atomic mass is 9.92. The zero-order valence-electron chi connectivity index (χ0n) is 13.3. The molecule has 124 valence electrons. The van der Waals surface area contributed by atoms with Crippen molar-refractivity contribution in [3.05, 3.63) is 52.5 Å². The molecule has 0 saturated carbocycles. The number of phenolic OH excluding ortho intramolecular Hbond substituents is 2. The van der Waals surface area contributed by atoms with E-state index in [9.17, 15) is 10.2 Å². The summed E-state index contributed by atoms with van der Waals surface area (Å²) < 4.78 is 1.17. The number of nitrogens with zero attached hydrogens (tertiary/aromatic N) is 1. The van der Waals surface area contributed by atoms with Crippen molar-refractivity contribution in [2.45, 2.75) is 25.3 Å². The van der Waals surface area contributed by atoms with Gasteiger partial charge in [-0.2, -0.15) is 0 Å². The molecule has 2 aromatic carbocycles. The lowest BCUT2D eigenvalue weighted by Crippen LogP contribution is -2.25. The molecule has 6 heteroatoms. The molecule has 2 heterocycles. The van der Waals surface area contributed by atoms with Gasteiger partial charge in [-0.15, -0.1) is 11.3 Å². The fourth-order valence-corrected chi connectivity index (χ4v) is 4.35. The van der Waals surface area contributed by atoms with Crippen molar-refractivity contribution in [1.29, 1.82) is 0 Å². The van der Waals surface area contributed by atoms with Gasteiger partial charge in [-0.05, 0) is 30.2 Å². The van der Waals surface area contributed by atoms with Crippen LogP contribution in [0.2, 0.25) is 0 Å². The van der Waals surface area contributed by atoms with Gasteiger partial charge in [0.1, 0.15) is 16.5 Å². The second kappa shape index (κ2) is 6.05. The molecule has 4 N–H and O–H groups in total. The van der Waals surface area contributed by atoms with Crippen LogP contribution in [0.5, 0.6) is 11.5 Å². The molecule has 2 unspecified atom stereocenters. The Balaban J connectivity index is 1.75. The molecule has 0 amide bonds. The average molecular weight is 341 g/mol. The Bertz CT molecular complexity index is 860. The third kappa shape index (κ3) is 2.53. The molecule has 1 saturated heterocycles. The Morgan fingerprint density at radius 2 is 2.04 bits per heavy atom. The summed E-state index contributed by atoms with van der Waals surface area (Å²) in [6, 6.07) is 11.3. The van der Waals surface area contributed by atoms with Crippen LogP contribution in [0.1, 0.15) is 35.0 Å². The van der Waals surface area contributed by atoms with Crippen LogP contribution in [-0.2, 0) is 6.42 Å². The summed E-state index contributed by atoms with van der Waals surface area (Å²) in [7, 11) is 0. The SMILES string of the molecule is CCc1cc(C2NNCC2c2nc3ccccc3s2)c(O)cc1O. The summed E-state index contributed by atoms with van der Waals surface area (Å²) in [5.74, 6) is 0.376. The van der Waals surface area contributed by atoms with Crippen molar-refractivity contribution in [3.63, 3.8) is 0 Å². The van der Waals surface area contributed by atoms with Crippen LogP contribution in [0.15, 0.2) is 36.4 Å². The van der Waals surface area contributed by atoms with Gasteiger partial charge in [0.05, 0.1) is 16.3 Å². The summed E-state index contributed by atoms with van der Waals surface area (Å²) in [6.07, 6.45) is 0.713. The van der Waals surface area contributed by atoms with E-state index >= 15 is 0 Å². The molecule has 0 radical (unpaired) electrons. The molecule has 0 spiro atoms. The molecule has 1 aliphatic rings. The van der Waals surface area contributed by atoms with Gasteiger partial charge in [-0.1, -0.05) is 19.1 Å². The molecule has 2 atom stereocenters. The van der Waals surface area contributed by atoms with Crippen molar-refractivity contribution in [1.82, 2.24) is 15.8 Å². The Morgan fingerprint density at radius 1 is 1.21 bits per heavy atom. The maximum Gasteiger partial charge on any atom is 0.124 e. The molecular formula is C18H19N3O2S. The normalized spacial score (nSPS) is 20.7. The van der Waals surface area contributed by atoms with E-state index in [1.165, 1.54) is 10.8 Å². The predicted molar refractivity (Wildman–Crippen MR) is 95.4 cm³/mol. The van der Waals surface area contributed by atoms with Crippen LogP contribution in [0.3, 0.4) is 0 Å². The van der Waals surface area contributed by atoms with Crippen LogP contribution in [0.25, 0.3) is 10.2 Å². The molecule has 1 fully saturated rings. The quantitative estimate of drug-likeness (QED) is 0.588. The number of hydrogen-bond acceptors (Lipinski definition) is 6. The fraction of sp³-hybridized carbons (Fsp3) is 0.278. The number of benzene rings is 2. The first-order valence-electron chi connectivity index (χ1n) is 8.06. The van der Waals surface area contributed by atoms with Gasteiger partial charge in [-0.3, -0.25) is 5.43 Å². The van der Waals surface area contributed by atoms with Crippen molar-refractivity contribution in [2.24, 2.45) is 0 Å². The zero-order valence-corrected chi connectivity index (χ0v) is 14.1. The topological polar surface area (TPSA) is 77.4 Å². The van der Waals surface area contributed by atoms with Gasteiger partial charge in [0.25, 0.3) is 0 Å². The number of phenols is 2. The monoisotopic (exact) mass is 341 g/mol. The first-order chi connectivity index (χ1) is 11.7. The van der Waals surface area contributed by atoms with Crippen molar-refractivity contribution < 1.29 is 10.2 Å². The zero-order chi connectivity index (χ0) is 16.7. The summed E-state index contributed by atoms with van der Waals surface area (Å²) in [5, 5.41) is 21.3. The number of thiazole rings is 1. The second-order valence-corrected chi connectivity index (χ2v) is 7.08. The minimum atomic E-state index is -0.0866. The summed E-state index contributed by atoms with van der Waals surface area (Å²) in [4.78, 5) is 4.77. The number of rotatable bonds is 3. The number of aromatic nitrogens is 1. The lowest BCUT2D eigenvalue weighted by molar-refractivity contribution is 0.429. The Morgan fingerprint density at radius 3 is 2.83 bits per heavy atom. The van der Waals surface area contributed by atoms with E-state index in [1.807, 2.05) is 31.2 Å².